The van der Waals surface area contributed by atoms with Gasteiger partial charge in [0.15, 0.2) is 0 Å². The lowest BCUT2D eigenvalue weighted by atomic mass is 10.0. The van der Waals surface area contributed by atoms with Crippen LogP contribution >= 0.6 is 0 Å². The zero-order valence-electron chi connectivity index (χ0n) is 9.08. The number of nitroso groups, excluding NO2 is 1. The van der Waals surface area contributed by atoms with Crippen LogP contribution in [-0.4, -0.2) is 31.3 Å². The highest BCUT2D eigenvalue weighted by Gasteiger charge is 2.19. The van der Waals surface area contributed by atoms with E-state index < -0.39 is 5.54 Å². The van der Waals surface area contributed by atoms with Crippen LogP contribution in [0.4, 0.5) is 0 Å². The fourth-order valence-electron chi connectivity index (χ4n) is 1.48. The van der Waals surface area contributed by atoms with Gasteiger partial charge in [-0.2, -0.15) is 4.91 Å². The second-order valence-corrected chi connectivity index (χ2v) is 4.47. The second-order valence-electron chi connectivity index (χ2n) is 4.47. The molecule has 0 aromatic rings. The molecule has 4 heteroatoms. The number of piperidine rings is 1. The summed E-state index contributed by atoms with van der Waals surface area (Å²) in [5.41, 5.74) is -0.479. The summed E-state index contributed by atoms with van der Waals surface area (Å²) in [6, 6.07) is 0. The Balaban J connectivity index is 2.11. The van der Waals surface area contributed by atoms with E-state index in [9.17, 15) is 4.91 Å². The van der Waals surface area contributed by atoms with Crippen LogP contribution in [0.1, 0.15) is 33.1 Å². The Morgan fingerprint density at radius 3 is 2.64 bits per heavy atom. The highest BCUT2D eigenvalue weighted by molar-refractivity contribution is 4.76. The van der Waals surface area contributed by atoms with Gasteiger partial charge in [-0.05, 0) is 46.2 Å². The lowest BCUT2D eigenvalue weighted by molar-refractivity contribution is 0.0253. The summed E-state index contributed by atoms with van der Waals surface area (Å²) in [7, 11) is 0. The van der Waals surface area contributed by atoms with Gasteiger partial charge in [-0.25, -0.2) is 0 Å². The summed E-state index contributed by atoms with van der Waals surface area (Å²) < 4.78 is 5.68. The lowest BCUT2D eigenvalue weighted by Gasteiger charge is -2.24. The van der Waals surface area contributed by atoms with E-state index in [1.807, 2.05) is 13.8 Å². The Hall–Kier alpha value is -0.480. The zero-order chi connectivity index (χ0) is 10.4. The van der Waals surface area contributed by atoms with Gasteiger partial charge in [0.1, 0.15) is 0 Å². The van der Waals surface area contributed by atoms with Crippen molar-refractivity contribution < 1.29 is 4.74 Å². The molecule has 1 N–H and O–H groups in total. The highest BCUT2D eigenvalue weighted by atomic mass is 16.5. The minimum absolute atomic E-state index is 0.374. The molecule has 1 heterocycles. The van der Waals surface area contributed by atoms with Crippen LogP contribution in [0.15, 0.2) is 5.18 Å². The fourth-order valence-corrected chi connectivity index (χ4v) is 1.48. The van der Waals surface area contributed by atoms with Crippen LogP contribution in [-0.2, 0) is 4.74 Å². The number of nitrogens with zero attached hydrogens (tertiary/aromatic N) is 1. The topological polar surface area (TPSA) is 50.7 Å². The molecule has 0 unspecified atom stereocenters. The third kappa shape index (κ3) is 4.15. The predicted molar refractivity (Wildman–Crippen MR) is 56.3 cm³/mol. The maximum absolute atomic E-state index is 10.4. The molecule has 0 spiro atoms. The number of nitrogens with one attached hydrogen (secondary N) is 1. The molecule has 1 aliphatic rings. The van der Waals surface area contributed by atoms with Crippen molar-refractivity contribution in [2.45, 2.75) is 44.8 Å². The smallest absolute Gasteiger partial charge is 0.0992 e. The van der Waals surface area contributed by atoms with E-state index in [4.69, 9.17) is 4.74 Å². The SMILES string of the molecule is CC(C)(CCOC1CCNCC1)N=O. The standard InChI is InChI=1S/C10H20N2O2/c1-10(2,12-13)5-8-14-9-3-6-11-7-4-9/h9,11H,3-8H2,1-2H3. The lowest BCUT2D eigenvalue weighted by Crippen LogP contribution is -2.33. The van der Waals surface area contributed by atoms with Gasteiger partial charge >= 0.3 is 0 Å². The quantitative estimate of drug-likeness (QED) is 0.687. The molecule has 0 amide bonds. The molecule has 0 radical (unpaired) electrons. The van der Waals surface area contributed by atoms with Crippen molar-refractivity contribution in [3.63, 3.8) is 0 Å². The molecule has 1 saturated heterocycles. The fraction of sp³-hybridized carbons (Fsp3) is 1.00. The summed E-state index contributed by atoms with van der Waals surface area (Å²) in [5.74, 6) is 0. The van der Waals surface area contributed by atoms with Gasteiger partial charge in [-0.15, -0.1) is 0 Å². The van der Waals surface area contributed by atoms with E-state index in [1.54, 1.807) is 0 Å². The van der Waals surface area contributed by atoms with Crippen molar-refractivity contribution >= 4 is 0 Å². The summed E-state index contributed by atoms with van der Waals surface area (Å²) in [6.45, 7) is 6.40. The number of rotatable bonds is 5. The highest BCUT2D eigenvalue weighted by Crippen LogP contribution is 2.15. The van der Waals surface area contributed by atoms with Gasteiger partial charge in [0.05, 0.1) is 11.6 Å². The minimum atomic E-state index is -0.479. The van der Waals surface area contributed by atoms with Crippen molar-refractivity contribution in [3.05, 3.63) is 4.91 Å². The molecule has 0 bridgehead atoms. The molecule has 14 heavy (non-hydrogen) atoms. The molecule has 82 valence electrons. The third-order valence-corrected chi connectivity index (χ3v) is 2.60. The monoisotopic (exact) mass is 200 g/mol. The maximum Gasteiger partial charge on any atom is 0.0992 e. The normalized spacial score (nSPS) is 19.6. The van der Waals surface area contributed by atoms with E-state index in [0.717, 1.165) is 25.9 Å². The first-order chi connectivity index (χ1) is 6.64. The molecule has 0 atom stereocenters. The Bertz CT molecular complexity index is 177. The number of hydrogen-bond donors (Lipinski definition) is 1. The van der Waals surface area contributed by atoms with Gasteiger partial charge in [0.2, 0.25) is 0 Å². The minimum Gasteiger partial charge on any atom is -0.378 e. The van der Waals surface area contributed by atoms with Crippen LogP contribution in [0.2, 0.25) is 0 Å². The average molecular weight is 200 g/mol. The van der Waals surface area contributed by atoms with E-state index in [1.165, 1.54) is 0 Å². The molecule has 1 fully saturated rings. The number of hydrogen-bond acceptors (Lipinski definition) is 4. The maximum atomic E-state index is 10.4. The largest absolute Gasteiger partial charge is 0.378 e. The Morgan fingerprint density at radius 1 is 1.43 bits per heavy atom. The predicted octanol–water partition coefficient (Wildman–Crippen LogP) is 1.69. The molecule has 0 saturated carbocycles. The number of ether oxygens (including phenoxy) is 1. The van der Waals surface area contributed by atoms with E-state index in [2.05, 4.69) is 10.5 Å². The average Bonchev–Trinajstić information content (AvgIpc) is 2.19. The molecule has 1 rings (SSSR count). The van der Waals surface area contributed by atoms with Crippen molar-refractivity contribution in [1.82, 2.24) is 5.32 Å². The van der Waals surface area contributed by atoms with E-state index >= 15 is 0 Å². The second kappa shape index (κ2) is 5.41. The molecule has 0 aromatic heterocycles. The van der Waals surface area contributed by atoms with Crippen molar-refractivity contribution in [2.24, 2.45) is 5.18 Å². The van der Waals surface area contributed by atoms with E-state index in [0.29, 0.717) is 19.1 Å². The first kappa shape index (κ1) is 11.6. The van der Waals surface area contributed by atoms with Crippen LogP contribution in [0, 0.1) is 4.91 Å². The van der Waals surface area contributed by atoms with Crippen LogP contribution < -0.4 is 5.32 Å². The molecule has 0 aliphatic carbocycles. The summed E-state index contributed by atoms with van der Waals surface area (Å²) >= 11 is 0. The first-order valence-corrected chi connectivity index (χ1v) is 5.31. The van der Waals surface area contributed by atoms with Gasteiger partial charge in [-0.1, -0.05) is 5.18 Å². The van der Waals surface area contributed by atoms with Crippen LogP contribution in [0.25, 0.3) is 0 Å². The Morgan fingerprint density at radius 2 is 2.07 bits per heavy atom. The first-order valence-electron chi connectivity index (χ1n) is 5.31. The molecular weight excluding hydrogens is 180 g/mol. The summed E-state index contributed by atoms with van der Waals surface area (Å²) in [4.78, 5) is 10.4. The van der Waals surface area contributed by atoms with Crippen LogP contribution in [0.5, 0.6) is 0 Å². The van der Waals surface area contributed by atoms with Crippen molar-refractivity contribution in [1.29, 1.82) is 0 Å². The Kier molecular flexibility index (Phi) is 4.48. The van der Waals surface area contributed by atoms with Gasteiger partial charge in [0, 0.05) is 6.61 Å². The summed E-state index contributed by atoms with van der Waals surface area (Å²) in [6.07, 6.45) is 3.24. The van der Waals surface area contributed by atoms with E-state index in [-0.39, 0.29) is 0 Å². The molecular formula is C10H20N2O2. The summed E-state index contributed by atoms with van der Waals surface area (Å²) in [5, 5.41) is 6.34. The molecule has 0 aromatic carbocycles. The molecule has 1 aliphatic heterocycles. The molecule has 4 nitrogen and oxygen atoms in total. The van der Waals surface area contributed by atoms with Gasteiger partial charge < -0.3 is 10.1 Å². The van der Waals surface area contributed by atoms with Gasteiger partial charge in [0.25, 0.3) is 0 Å². The van der Waals surface area contributed by atoms with Gasteiger partial charge in [-0.3, -0.25) is 0 Å². The van der Waals surface area contributed by atoms with Crippen molar-refractivity contribution in [3.8, 4) is 0 Å². The van der Waals surface area contributed by atoms with Crippen LogP contribution in [0.3, 0.4) is 0 Å². The third-order valence-electron chi connectivity index (χ3n) is 2.60. The zero-order valence-corrected chi connectivity index (χ0v) is 9.08. The Labute approximate surface area is 85.4 Å². The van der Waals surface area contributed by atoms with Crippen molar-refractivity contribution in [2.75, 3.05) is 19.7 Å².